The molecule has 2 heterocycles. The van der Waals surface area contributed by atoms with Gasteiger partial charge in [0.25, 0.3) is 5.91 Å². The molecule has 0 spiro atoms. The number of hydrogen-bond donors (Lipinski definition) is 1. The summed E-state index contributed by atoms with van der Waals surface area (Å²) in [6, 6.07) is 11.5. The van der Waals surface area contributed by atoms with Gasteiger partial charge in [-0.15, -0.1) is 11.3 Å². The van der Waals surface area contributed by atoms with Crippen molar-refractivity contribution in [3.8, 4) is 5.13 Å². The minimum Gasteiger partial charge on any atom is -0.266 e. The highest BCUT2D eigenvalue weighted by Crippen LogP contribution is 2.17. The molecule has 23 heavy (non-hydrogen) atoms. The zero-order valence-corrected chi connectivity index (χ0v) is 13.5. The van der Waals surface area contributed by atoms with Gasteiger partial charge >= 0.3 is 0 Å². The van der Waals surface area contributed by atoms with Gasteiger partial charge in [0.2, 0.25) is 5.13 Å². The summed E-state index contributed by atoms with van der Waals surface area (Å²) in [7, 11) is 0. The van der Waals surface area contributed by atoms with Gasteiger partial charge in [0.1, 0.15) is 5.69 Å². The Balaban J connectivity index is 1.69. The summed E-state index contributed by atoms with van der Waals surface area (Å²) in [6.07, 6.45) is 1.59. The molecule has 0 fully saturated rings. The maximum atomic E-state index is 12.1. The van der Waals surface area contributed by atoms with Crippen LogP contribution in [0.5, 0.6) is 0 Å². The van der Waals surface area contributed by atoms with Gasteiger partial charge in [-0.25, -0.2) is 15.1 Å². The molecule has 1 amide bonds. The fraction of sp³-hybridized carbons (Fsp3) is 0.125. The van der Waals surface area contributed by atoms with Crippen molar-refractivity contribution in [1.29, 1.82) is 0 Å². The van der Waals surface area contributed by atoms with Crippen molar-refractivity contribution in [3.05, 3.63) is 64.4 Å². The molecule has 7 heteroatoms. The van der Waals surface area contributed by atoms with E-state index in [0.717, 1.165) is 17.0 Å². The Kier molecular flexibility index (Phi) is 4.29. The number of aromatic nitrogens is 3. The molecular formula is C16H15N5OS. The van der Waals surface area contributed by atoms with Crippen LogP contribution in [0.4, 0.5) is 0 Å². The van der Waals surface area contributed by atoms with Crippen molar-refractivity contribution in [2.45, 2.75) is 13.8 Å². The molecule has 0 saturated heterocycles. The number of nitrogens with zero attached hydrogens (tertiary/aromatic N) is 4. The summed E-state index contributed by atoms with van der Waals surface area (Å²) in [5, 5.41) is 10.7. The lowest BCUT2D eigenvalue weighted by molar-refractivity contribution is 0.0951. The van der Waals surface area contributed by atoms with Crippen molar-refractivity contribution in [1.82, 2.24) is 20.2 Å². The van der Waals surface area contributed by atoms with Crippen molar-refractivity contribution < 1.29 is 4.79 Å². The molecule has 0 aliphatic heterocycles. The van der Waals surface area contributed by atoms with E-state index in [4.69, 9.17) is 0 Å². The maximum absolute atomic E-state index is 12.1. The van der Waals surface area contributed by atoms with Crippen LogP contribution in [0.1, 0.15) is 27.4 Å². The van der Waals surface area contributed by atoms with Crippen LogP contribution < -0.4 is 5.43 Å². The van der Waals surface area contributed by atoms with E-state index in [2.05, 4.69) is 20.6 Å². The van der Waals surface area contributed by atoms with E-state index in [-0.39, 0.29) is 5.91 Å². The number of nitrogens with one attached hydrogen (secondary N) is 1. The molecule has 0 aliphatic rings. The predicted octanol–water partition coefficient (Wildman–Crippen LogP) is 2.71. The van der Waals surface area contributed by atoms with Crippen molar-refractivity contribution >= 4 is 23.5 Å². The molecular weight excluding hydrogens is 310 g/mol. The highest BCUT2D eigenvalue weighted by molar-refractivity contribution is 7.12. The highest BCUT2D eigenvalue weighted by Gasteiger charge is 2.13. The van der Waals surface area contributed by atoms with Gasteiger partial charge in [-0.1, -0.05) is 30.3 Å². The van der Waals surface area contributed by atoms with E-state index < -0.39 is 0 Å². The van der Waals surface area contributed by atoms with Gasteiger partial charge in [-0.2, -0.15) is 10.2 Å². The van der Waals surface area contributed by atoms with Gasteiger partial charge in [0.15, 0.2) is 0 Å². The Morgan fingerprint density at radius 3 is 2.78 bits per heavy atom. The van der Waals surface area contributed by atoms with Crippen LogP contribution in [0.15, 0.2) is 46.9 Å². The van der Waals surface area contributed by atoms with E-state index in [9.17, 15) is 4.79 Å². The Bertz CT molecular complexity index is 850. The summed E-state index contributed by atoms with van der Waals surface area (Å²) in [5.74, 6) is -0.346. The number of amides is 1. The molecule has 0 aliphatic carbocycles. The van der Waals surface area contributed by atoms with E-state index >= 15 is 0 Å². The van der Waals surface area contributed by atoms with Gasteiger partial charge in [-0.3, -0.25) is 4.79 Å². The summed E-state index contributed by atoms with van der Waals surface area (Å²) in [5.41, 5.74) is 5.60. The van der Waals surface area contributed by atoms with Gasteiger partial charge in [-0.05, 0) is 25.5 Å². The van der Waals surface area contributed by atoms with E-state index in [1.54, 1.807) is 16.3 Å². The molecule has 0 atom stereocenters. The summed E-state index contributed by atoms with van der Waals surface area (Å²) >= 11 is 1.36. The largest absolute Gasteiger partial charge is 0.290 e. The summed E-state index contributed by atoms with van der Waals surface area (Å²) < 4.78 is 1.73. The molecule has 0 radical (unpaired) electrons. The SMILES string of the molecule is Cc1cc(C)n(-c2nc(C(=O)N/N=C/c3ccccc3)cs2)n1. The zero-order chi connectivity index (χ0) is 16.2. The van der Waals surface area contributed by atoms with Crippen molar-refractivity contribution in [2.75, 3.05) is 0 Å². The summed E-state index contributed by atoms with van der Waals surface area (Å²) in [4.78, 5) is 16.4. The number of hydrazone groups is 1. The third-order valence-corrected chi connectivity index (χ3v) is 3.91. The normalized spacial score (nSPS) is 11.0. The first-order valence-corrected chi connectivity index (χ1v) is 7.89. The number of hydrogen-bond acceptors (Lipinski definition) is 5. The fourth-order valence-corrected chi connectivity index (χ4v) is 2.86. The highest BCUT2D eigenvalue weighted by atomic mass is 32.1. The first-order valence-electron chi connectivity index (χ1n) is 7.01. The van der Waals surface area contributed by atoms with Crippen LogP contribution in [0.25, 0.3) is 5.13 Å². The third-order valence-electron chi connectivity index (χ3n) is 3.09. The summed E-state index contributed by atoms with van der Waals surface area (Å²) in [6.45, 7) is 3.87. The number of rotatable bonds is 4. The number of carbonyl (C=O) groups excluding carboxylic acids is 1. The second kappa shape index (κ2) is 6.53. The van der Waals surface area contributed by atoms with E-state index in [1.165, 1.54) is 11.3 Å². The molecule has 116 valence electrons. The second-order valence-corrected chi connectivity index (χ2v) is 5.80. The molecule has 0 saturated carbocycles. The van der Waals surface area contributed by atoms with Crippen LogP contribution in [0, 0.1) is 13.8 Å². The monoisotopic (exact) mass is 325 g/mol. The Hall–Kier alpha value is -2.80. The minimum atomic E-state index is -0.346. The second-order valence-electron chi connectivity index (χ2n) is 4.96. The van der Waals surface area contributed by atoms with E-state index in [1.807, 2.05) is 50.2 Å². The number of thiazole rings is 1. The molecule has 6 nitrogen and oxygen atoms in total. The van der Waals surface area contributed by atoms with Gasteiger partial charge in [0.05, 0.1) is 11.9 Å². The van der Waals surface area contributed by atoms with E-state index in [0.29, 0.717) is 10.8 Å². The number of aryl methyl sites for hydroxylation is 2. The first kappa shape index (κ1) is 15.1. The third kappa shape index (κ3) is 3.51. The molecule has 3 rings (SSSR count). The van der Waals surface area contributed by atoms with Crippen LogP contribution in [-0.2, 0) is 0 Å². The smallest absolute Gasteiger partial charge is 0.266 e. The van der Waals surface area contributed by atoms with Crippen molar-refractivity contribution in [2.24, 2.45) is 5.10 Å². The lowest BCUT2D eigenvalue weighted by Crippen LogP contribution is -2.18. The Labute approximate surface area is 137 Å². The standard InChI is InChI=1S/C16H15N5OS/c1-11-8-12(2)21(20-11)16-18-14(10-23-16)15(22)19-17-9-13-6-4-3-5-7-13/h3-10H,1-2H3,(H,19,22)/b17-9+. The number of benzene rings is 1. The lowest BCUT2D eigenvalue weighted by Gasteiger charge is -1.98. The molecule has 3 aromatic rings. The first-order chi connectivity index (χ1) is 11.1. The molecule has 0 bridgehead atoms. The van der Waals surface area contributed by atoms with Crippen LogP contribution in [0.2, 0.25) is 0 Å². The van der Waals surface area contributed by atoms with Crippen molar-refractivity contribution in [3.63, 3.8) is 0 Å². The van der Waals surface area contributed by atoms with Crippen LogP contribution >= 0.6 is 11.3 Å². The topological polar surface area (TPSA) is 72.2 Å². The Morgan fingerprint density at radius 1 is 1.30 bits per heavy atom. The average molecular weight is 325 g/mol. The quantitative estimate of drug-likeness (QED) is 0.592. The number of carbonyl (C=O) groups is 1. The molecule has 1 aromatic carbocycles. The molecule has 1 N–H and O–H groups in total. The maximum Gasteiger partial charge on any atom is 0.290 e. The average Bonchev–Trinajstić information content (AvgIpc) is 3.14. The van der Waals surface area contributed by atoms with Gasteiger partial charge < -0.3 is 0 Å². The molecule has 2 aromatic heterocycles. The molecule has 0 unspecified atom stereocenters. The zero-order valence-electron chi connectivity index (χ0n) is 12.7. The fourth-order valence-electron chi connectivity index (χ4n) is 2.05. The Morgan fingerprint density at radius 2 is 2.09 bits per heavy atom. The van der Waals surface area contributed by atoms with Gasteiger partial charge in [0, 0.05) is 11.1 Å². The predicted molar refractivity (Wildman–Crippen MR) is 90.2 cm³/mol. The minimum absolute atomic E-state index is 0.322. The van der Waals surface area contributed by atoms with Crippen LogP contribution in [-0.4, -0.2) is 26.9 Å². The lowest BCUT2D eigenvalue weighted by atomic mass is 10.2. The van der Waals surface area contributed by atoms with Crippen LogP contribution in [0.3, 0.4) is 0 Å².